The maximum Gasteiger partial charge on any atom is 0.304 e. The van der Waals surface area contributed by atoms with Crippen molar-refractivity contribution in [3.8, 4) is 0 Å². The maximum atomic E-state index is 13.0. The van der Waals surface area contributed by atoms with Gasteiger partial charge in [0.05, 0.1) is 0 Å². The molecular formula is C28H30N3O2+. The summed E-state index contributed by atoms with van der Waals surface area (Å²) in [7, 11) is 0. The average molecular weight is 441 g/mol. The molecule has 1 aliphatic rings. The molecule has 0 saturated carbocycles. The fourth-order valence-corrected chi connectivity index (χ4v) is 4.00. The first-order valence-corrected chi connectivity index (χ1v) is 11.3. The van der Waals surface area contributed by atoms with Crippen molar-refractivity contribution >= 4 is 18.0 Å². The molecule has 0 radical (unpaired) electrons. The monoisotopic (exact) mass is 440 g/mol. The number of nitrogens with one attached hydrogen (secondary N) is 2. The molecule has 1 aliphatic heterocycles. The fourth-order valence-electron chi connectivity index (χ4n) is 4.00. The Labute approximate surface area is 195 Å². The van der Waals surface area contributed by atoms with Crippen LogP contribution in [0.2, 0.25) is 0 Å². The summed E-state index contributed by atoms with van der Waals surface area (Å²) >= 11 is 0. The second-order valence-corrected chi connectivity index (χ2v) is 9.01. The van der Waals surface area contributed by atoms with Crippen molar-refractivity contribution in [1.29, 1.82) is 0 Å². The van der Waals surface area contributed by atoms with Gasteiger partial charge < -0.3 is 5.32 Å². The Hall–Kier alpha value is -3.73. The van der Waals surface area contributed by atoms with E-state index in [-0.39, 0.29) is 17.9 Å². The van der Waals surface area contributed by atoms with Gasteiger partial charge >= 0.3 is 5.91 Å². The highest BCUT2D eigenvalue weighted by atomic mass is 16.2. The molecule has 1 heterocycles. The number of amides is 2. The number of hydrogen-bond donors (Lipinski definition) is 2. The van der Waals surface area contributed by atoms with E-state index in [2.05, 4.69) is 36.7 Å². The van der Waals surface area contributed by atoms with Crippen molar-refractivity contribution in [1.82, 2.24) is 10.7 Å². The van der Waals surface area contributed by atoms with Crippen molar-refractivity contribution in [2.24, 2.45) is 0 Å². The number of carbonyl (C=O) groups excluding carboxylic acids is 2. The first-order valence-electron chi connectivity index (χ1n) is 11.3. The summed E-state index contributed by atoms with van der Waals surface area (Å²) in [6, 6.07) is 22.6. The second-order valence-electron chi connectivity index (χ2n) is 9.01. The van der Waals surface area contributed by atoms with Crippen molar-refractivity contribution in [2.45, 2.75) is 45.7 Å². The molecule has 2 amide bonds. The zero-order valence-corrected chi connectivity index (χ0v) is 19.5. The topological polar surface area (TPSA) is 61.2 Å². The number of hydrazone groups is 1. The molecule has 0 aliphatic carbocycles. The molecule has 168 valence electrons. The van der Waals surface area contributed by atoms with Crippen LogP contribution in [0.25, 0.3) is 0 Å². The van der Waals surface area contributed by atoms with Crippen LogP contribution >= 0.6 is 0 Å². The molecule has 5 heteroatoms. The van der Waals surface area contributed by atoms with E-state index >= 15 is 0 Å². The lowest BCUT2D eigenvalue weighted by Crippen LogP contribution is -2.42. The molecule has 0 bridgehead atoms. The Balaban J connectivity index is 1.68. The highest BCUT2D eigenvalue weighted by Gasteiger charge is 2.47. The number of hydrazine groups is 1. The van der Waals surface area contributed by atoms with E-state index in [4.69, 9.17) is 0 Å². The van der Waals surface area contributed by atoms with Crippen LogP contribution in [-0.4, -0.2) is 28.8 Å². The van der Waals surface area contributed by atoms with Gasteiger partial charge in [-0.05, 0) is 49.6 Å². The molecular weight excluding hydrogens is 410 g/mol. The quantitative estimate of drug-likeness (QED) is 0.576. The number of benzene rings is 3. The molecule has 3 aromatic carbocycles. The average Bonchev–Trinajstić information content (AvgIpc) is 3.09. The lowest BCUT2D eigenvalue weighted by atomic mass is 9.98. The predicted molar refractivity (Wildman–Crippen MR) is 130 cm³/mol. The molecule has 3 aromatic rings. The van der Waals surface area contributed by atoms with Gasteiger partial charge in [-0.25, -0.2) is 0 Å². The van der Waals surface area contributed by atoms with Crippen molar-refractivity contribution in [3.63, 3.8) is 0 Å². The Morgan fingerprint density at radius 1 is 0.909 bits per heavy atom. The number of aryl methyl sites for hydroxylation is 2. The van der Waals surface area contributed by atoms with Crippen LogP contribution in [0.15, 0.2) is 72.8 Å². The van der Waals surface area contributed by atoms with E-state index in [1.165, 1.54) is 5.56 Å². The van der Waals surface area contributed by atoms with E-state index in [0.717, 1.165) is 22.3 Å². The van der Waals surface area contributed by atoms with Gasteiger partial charge in [-0.2, -0.15) is 0 Å². The van der Waals surface area contributed by atoms with Crippen LogP contribution in [0, 0.1) is 13.8 Å². The largest absolute Gasteiger partial charge is 0.334 e. The summed E-state index contributed by atoms with van der Waals surface area (Å²) in [4.78, 5) is 25.9. The lowest BCUT2D eigenvalue weighted by Gasteiger charge is -2.15. The summed E-state index contributed by atoms with van der Waals surface area (Å²) in [6.45, 7) is 8.32. The molecule has 2 N–H and O–H groups in total. The third-order valence-electron chi connectivity index (χ3n) is 6.05. The normalized spacial score (nSPS) is 19.1. The Kier molecular flexibility index (Phi) is 6.40. The zero-order chi connectivity index (χ0) is 23.5. The summed E-state index contributed by atoms with van der Waals surface area (Å²) < 4.78 is 1.80. The van der Waals surface area contributed by atoms with Gasteiger partial charge in [0.15, 0.2) is 6.04 Å². The SMILES string of the molecule is Cc1ccc(C(=O)N[C@H]2C(=O)N/[N+](=C\c3ccc(C(C)C)cc3)[C@@H]2c2ccc(C)cc2)cc1. The molecule has 0 unspecified atom stereocenters. The number of rotatable bonds is 5. The maximum absolute atomic E-state index is 13.0. The number of hydrogen-bond acceptors (Lipinski definition) is 2. The Bertz CT molecular complexity index is 1180. The van der Waals surface area contributed by atoms with Gasteiger partial charge in [0.25, 0.3) is 5.91 Å². The second kappa shape index (κ2) is 9.41. The molecule has 1 saturated heterocycles. The number of carbonyl (C=O) groups is 2. The van der Waals surface area contributed by atoms with Crippen LogP contribution in [0.1, 0.15) is 64.0 Å². The fraction of sp³-hybridized carbons (Fsp3) is 0.250. The van der Waals surface area contributed by atoms with E-state index in [0.29, 0.717) is 11.5 Å². The third kappa shape index (κ3) is 5.03. The van der Waals surface area contributed by atoms with E-state index in [1.54, 1.807) is 16.8 Å². The van der Waals surface area contributed by atoms with Crippen LogP contribution < -0.4 is 10.7 Å². The van der Waals surface area contributed by atoms with E-state index in [1.807, 2.05) is 68.6 Å². The van der Waals surface area contributed by atoms with Crippen LogP contribution in [-0.2, 0) is 4.79 Å². The van der Waals surface area contributed by atoms with Crippen molar-refractivity contribution in [3.05, 3.63) is 106 Å². The predicted octanol–water partition coefficient (Wildman–Crippen LogP) is 4.44. The zero-order valence-electron chi connectivity index (χ0n) is 19.5. The molecule has 0 aromatic heterocycles. The Morgan fingerprint density at radius 2 is 1.48 bits per heavy atom. The van der Waals surface area contributed by atoms with Crippen molar-refractivity contribution in [2.75, 3.05) is 0 Å². The summed E-state index contributed by atoms with van der Waals surface area (Å²) in [6.07, 6.45) is 1.92. The molecule has 5 nitrogen and oxygen atoms in total. The third-order valence-corrected chi connectivity index (χ3v) is 6.05. The molecule has 0 spiro atoms. The number of nitrogens with zero attached hydrogens (tertiary/aromatic N) is 1. The van der Waals surface area contributed by atoms with Gasteiger partial charge in [0.1, 0.15) is 0 Å². The highest BCUT2D eigenvalue weighted by Crippen LogP contribution is 2.26. The van der Waals surface area contributed by atoms with E-state index in [9.17, 15) is 9.59 Å². The van der Waals surface area contributed by atoms with Gasteiger partial charge in [-0.15, -0.1) is 10.1 Å². The van der Waals surface area contributed by atoms with Crippen LogP contribution in [0.4, 0.5) is 0 Å². The minimum absolute atomic E-state index is 0.240. The van der Waals surface area contributed by atoms with Gasteiger partial charge in [0, 0.05) is 16.7 Å². The van der Waals surface area contributed by atoms with Gasteiger partial charge in [-0.3, -0.25) is 9.59 Å². The standard InChI is InChI=1S/C28H29N3O2/c1-18(2)22-15-9-21(10-16-22)17-31-26(23-11-5-19(3)6-12-23)25(28(33)30-31)29-27(32)24-13-7-20(4)8-14-24/h5-18,25-26H,1-4H3,(H-,29,30,32,33)/p+1/b31-17-/t25-,26-/m1/s1. The summed E-state index contributed by atoms with van der Waals surface area (Å²) in [5.74, 6) is -0.0568. The van der Waals surface area contributed by atoms with Gasteiger partial charge in [-0.1, -0.05) is 73.5 Å². The van der Waals surface area contributed by atoms with Crippen LogP contribution in [0.5, 0.6) is 0 Å². The van der Waals surface area contributed by atoms with Crippen LogP contribution in [0.3, 0.4) is 0 Å². The first kappa shape index (κ1) is 22.5. The van der Waals surface area contributed by atoms with Gasteiger partial charge in [0.2, 0.25) is 12.3 Å². The lowest BCUT2D eigenvalue weighted by molar-refractivity contribution is -0.596. The minimum Gasteiger partial charge on any atom is -0.334 e. The molecule has 4 rings (SSSR count). The molecule has 33 heavy (non-hydrogen) atoms. The summed E-state index contributed by atoms with van der Waals surface area (Å²) in [5.41, 5.74) is 8.87. The molecule has 2 atom stereocenters. The smallest absolute Gasteiger partial charge is 0.304 e. The molecule has 1 fully saturated rings. The summed E-state index contributed by atoms with van der Waals surface area (Å²) in [5, 5.41) is 2.95. The minimum atomic E-state index is -0.729. The van der Waals surface area contributed by atoms with E-state index < -0.39 is 6.04 Å². The first-order chi connectivity index (χ1) is 15.8. The van der Waals surface area contributed by atoms with Crippen molar-refractivity contribution < 1.29 is 14.3 Å². The highest BCUT2D eigenvalue weighted by molar-refractivity contribution is 5.98. The Morgan fingerprint density at radius 3 is 2.06 bits per heavy atom.